The molecule has 5 heteroatoms. The number of benzene rings is 1. The third-order valence-electron chi connectivity index (χ3n) is 3.20. The molecule has 0 radical (unpaired) electrons. The predicted octanol–water partition coefficient (Wildman–Crippen LogP) is 1.38. The van der Waals surface area contributed by atoms with E-state index in [1.54, 1.807) is 17.0 Å². The van der Waals surface area contributed by atoms with Crippen LogP contribution in [-0.2, 0) is 0 Å². The lowest BCUT2D eigenvalue weighted by molar-refractivity contribution is 0.0781. The predicted molar refractivity (Wildman–Crippen MR) is 65.6 cm³/mol. The van der Waals surface area contributed by atoms with E-state index < -0.39 is 0 Å². The molecule has 1 fully saturated rings. The first-order chi connectivity index (χ1) is 8.16. The SMILES string of the molecule is CN(C(=O)c1n[nH]c2ccc(N)cc12)C1CC1. The van der Waals surface area contributed by atoms with Crippen LogP contribution in [0.4, 0.5) is 5.69 Å². The third-order valence-corrected chi connectivity index (χ3v) is 3.20. The van der Waals surface area contributed by atoms with Crippen LogP contribution in [0.1, 0.15) is 23.3 Å². The molecule has 0 unspecified atom stereocenters. The van der Waals surface area contributed by atoms with Crippen molar-refractivity contribution < 1.29 is 4.79 Å². The quantitative estimate of drug-likeness (QED) is 0.765. The number of rotatable bonds is 2. The molecule has 1 amide bonds. The molecule has 3 N–H and O–H groups in total. The largest absolute Gasteiger partial charge is 0.399 e. The molecule has 1 saturated carbocycles. The van der Waals surface area contributed by atoms with Crippen molar-refractivity contribution in [2.45, 2.75) is 18.9 Å². The highest BCUT2D eigenvalue weighted by atomic mass is 16.2. The van der Waals surface area contributed by atoms with Crippen molar-refractivity contribution in [1.82, 2.24) is 15.1 Å². The van der Waals surface area contributed by atoms with E-state index in [9.17, 15) is 4.79 Å². The van der Waals surface area contributed by atoms with Crippen molar-refractivity contribution in [1.29, 1.82) is 0 Å². The number of nitrogen functional groups attached to an aromatic ring is 1. The normalized spacial score (nSPS) is 15.1. The number of nitrogens with zero attached hydrogens (tertiary/aromatic N) is 2. The Bertz CT molecular complexity index is 585. The molecule has 0 spiro atoms. The standard InChI is InChI=1S/C12H14N4O/c1-16(8-3-4-8)12(17)11-9-6-7(13)2-5-10(9)14-15-11/h2,5-6,8H,3-4,13H2,1H3,(H,14,15). The van der Waals surface area contributed by atoms with Gasteiger partial charge in [0.05, 0.1) is 5.52 Å². The van der Waals surface area contributed by atoms with E-state index in [4.69, 9.17) is 5.73 Å². The van der Waals surface area contributed by atoms with Gasteiger partial charge < -0.3 is 10.6 Å². The minimum atomic E-state index is -0.0376. The van der Waals surface area contributed by atoms with Crippen LogP contribution in [0.15, 0.2) is 18.2 Å². The summed E-state index contributed by atoms with van der Waals surface area (Å²) in [4.78, 5) is 14.0. The van der Waals surface area contributed by atoms with Crippen molar-refractivity contribution in [2.24, 2.45) is 0 Å². The molecule has 88 valence electrons. The Hall–Kier alpha value is -2.04. The number of carbonyl (C=O) groups is 1. The molecular formula is C12H14N4O. The van der Waals surface area contributed by atoms with Crippen molar-refractivity contribution in [3.8, 4) is 0 Å². The Kier molecular flexibility index (Phi) is 2.07. The highest BCUT2D eigenvalue weighted by molar-refractivity contribution is 6.05. The van der Waals surface area contributed by atoms with Gasteiger partial charge in [0.1, 0.15) is 0 Å². The summed E-state index contributed by atoms with van der Waals surface area (Å²) in [6.45, 7) is 0. The van der Waals surface area contributed by atoms with Gasteiger partial charge in [-0.1, -0.05) is 0 Å². The number of amides is 1. The second-order valence-corrected chi connectivity index (χ2v) is 4.52. The summed E-state index contributed by atoms with van der Waals surface area (Å²) in [6, 6.07) is 5.80. The number of H-pyrrole nitrogens is 1. The zero-order valence-electron chi connectivity index (χ0n) is 9.60. The number of aromatic nitrogens is 2. The van der Waals surface area contributed by atoms with Gasteiger partial charge in [0.25, 0.3) is 5.91 Å². The first kappa shape index (κ1) is 10.1. The van der Waals surface area contributed by atoms with E-state index in [1.807, 2.05) is 13.1 Å². The summed E-state index contributed by atoms with van der Waals surface area (Å²) < 4.78 is 0. The number of nitrogens with two attached hydrogens (primary N) is 1. The number of nitrogens with one attached hydrogen (secondary N) is 1. The summed E-state index contributed by atoms with van der Waals surface area (Å²) in [5, 5.41) is 7.75. The highest BCUT2D eigenvalue weighted by Crippen LogP contribution is 2.28. The van der Waals surface area contributed by atoms with Gasteiger partial charge in [-0.25, -0.2) is 0 Å². The molecule has 0 saturated heterocycles. The fraction of sp³-hybridized carbons (Fsp3) is 0.333. The molecule has 5 nitrogen and oxygen atoms in total. The number of fused-ring (bicyclic) bond motifs is 1. The van der Waals surface area contributed by atoms with Gasteiger partial charge >= 0.3 is 0 Å². The number of hydrogen-bond donors (Lipinski definition) is 2. The molecule has 17 heavy (non-hydrogen) atoms. The van der Waals surface area contributed by atoms with Crippen LogP contribution in [-0.4, -0.2) is 34.1 Å². The number of aromatic amines is 1. The van der Waals surface area contributed by atoms with Gasteiger partial charge in [0, 0.05) is 24.2 Å². The zero-order chi connectivity index (χ0) is 12.0. The zero-order valence-corrected chi connectivity index (χ0v) is 9.60. The molecule has 0 bridgehead atoms. The van der Waals surface area contributed by atoms with Crippen LogP contribution in [0, 0.1) is 0 Å². The fourth-order valence-corrected chi connectivity index (χ4v) is 1.99. The molecule has 1 heterocycles. The van der Waals surface area contributed by atoms with E-state index in [1.165, 1.54) is 0 Å². The molecule has 3 rings (SSSR count). The van der Waals surface area contributed by atoms with Gasteiger partial charge in [-0.15, -0.1) is 0 Å². The van der Waals surface area contributed by atoms with Crippen molar-refractivity contribution >= 4 is 22.5 Å². The van der Waals surface area contributed by atoms with Crippen LogP contribution < -0.4 is 5.73 Å². The number of hydrogen-bond acceptors (Lipinski definition) is 3. The molecule has 1 aliphatic rings. The second kappa shape index (κ2) is 3.48. The van der Waals surface area contributed by atoms with E-state index >= 15 is 0 Å². The maximum absolute atomic E-state index is 12.2. The summed E-state index contributed by atoms with van der Waals surface area (Å²) in [5.41, 5.74) is 7.67. The average molecular weight is 230 g/mol. The minimum Gasteiger partial charge on any atom is -0.399 e. The molecule has 1 aliphatic carbocycles. The monoisotopic (exact) mass is 230 g/mol. The topological polar surface area (TPSA) is 75.0 Å². The lowest BCUT2D eigenvalue weighted by Crippen LogP contribution is -2.29. The van der Waals surface area contributed by atoms with Gasteiger partial charge in [0.2, 0.25) is 0 Å². The Morgan fingerprint density at radius 1 is 1.53 bits per heavy atom. The minimum absolute atomic E-state index is 0.0376. The van der Waals surface area contributed by atoms with E-state index in [0.29, 0.717) is 17.4 Å². The Labute approximate surface area is 98.6 Å². The van der Waals surface area contributed by atoms with Gasteiger partial charge in [-0.3, -0.25) is 9.89 Å². The smallest absolute Gasteiger partial charge is 0.274 e. The van der Waals surface area contributed by atoms with E-state index in [0.717, 1.165) is 23.7 Å². The van der Waals surface area contributed by atoms with E-state index in [-0.39, 0.29) is 5.91 Å². The van der Waals surface area contributed by atoms with Crippen molar-refractivity contribution in [3.05, 3.63) is 23.9 Å². The lowest BCUT2D eigenvalue weighted by Gasteiger charge is -2.14. The molecular weight excluding hydrogens is 216 g/mol. The van der Waals surface area contributed by atoms with Crippen molar-refractivity contribution in [2.75, 3.05) is 12.8 Å². The Morgan fingerprint density at radius 2 is 2.29 bits per heavy atom. The van der Waals surface area contributed by atoms with Crippen LogP contribution >= 0.6 is 0 Å². The van der Waals surface area contributed by atoms with Gasteiger partial charge in [0.15, 0.2) is 5.69 Å². The van der Waals surface area contributed by atoms with Gasteiger partial charge in [-0.2, -0.15) is 5.10 Å². The van der Waals surface area contributed by atoms with Crippen LogP contribution in [0.5, 0.6) is 0 Å². The third kappa shape index (κ3) is 1.63. The highest BCUT2D eigenvalue weighted by Gasteiger charge is 2.31. The Morgan fingerprint density at radius 3 is 3.00 bits per heavy atom. The average Bonchev–Trinajstić information content (AvgIpc) is 3.08. The second-order valence-electron chi connectivity index (χ2n) is 4.52. The summed E-state index contributed by atoms with van der Waals surface area (Å²) >= 11 is 0. The van der Waals surface area contributed by atoms with Crippen LogP contribution in [0.25, 0.3) is 10.9 Å². The first-order valence-corrected chi connectivity index (χ1v) is 5.67. The summed E-state index contributed by atoms with van der Waals surface area (Å²) in [6.07, 6.45) is 2.18. The summed E-state index contributed by atoms with van der Waals surface area (Å²) in [7, 11) is 1.83. The molecule has 0 atom stereocenters. The lowest BCUT2D eigenvalue weighted by atomic mass is 10.2. The number of anilines is 1. The molecule has 1 aromatic heterocycles. The molecule has 2 aromatic rings. The van der Waals surface area contributed by atoms with Crippen molar-refractivity contribution in [3.63, 3.8) is 0 Å². The van der Waals surface area contributed by atoms with Crippen LogP contribution in [0.3, 0.4) is 0 Å². The Balaban J connectivity index is 2.04. The first-order valence-electron chi connectivity index (χ1n) is 5.67. The molecule has 0 aliphatic heterocycles. The maximum atomic E-state index is 12.2. The maximum Gasteiger partial charge on any atom is 0.274 e. The molecule has 1 aromatic carbocycles. The van der Waals surface area contributed by atoms with Gasteiger partial charge in [-0.05, 0) is 31.0 Å². The number of carbonyl (C=O) groups excluding carboxylic acids is 1. The fourth-order valence-electron chi connectivity index (χ4n) is 1.99. The summed E-state index contributed by atoms with van der Waals surface area (Å²) in [5.74, 6) is -0.0376. The van der Waals surface area contributed by atoms with Crippen LogP contribution in [0.2, 0.25) is 0 Å². The van der Waals surface area contributed by atoms with E-state index in [2.05, 4.69) is 10.2 Å².